The fraction of sp³-hybridized carbons (Fsp3) is 0.429. The molecule has 0 aromatic carbocycles. The van der Waals surface area contributed by atoms with Crippen LogP contribution in [0.5, 0.6) is 0 Å². The summed E-state index contributed by atoms with van der Waals surface area (Å²) in [5, 5.41) is 7.88. The minimum Gasteiger partial charge on any atom is -0.381 e. The van der Waals surface area contributed by atoms with Crippen LogP contribution in [0.4, 0.5) is 5.69 Å². The highest BCUT2D eigenvalue weighted by Crippen LogP contribution is 2.14. The highest BCUT2D eigenvalue weighted by Gasteiger charge is 2.05. The van der Waals surface area contributed by atoms with Gasteiger partial charge in [0.15, 0.2) is 0 Å². The van der Waals surface area contributed by atoms with E-state index < -0.39 is 0 Å². The maximum atomic E-state index is 4.44. The topological polar surface area (TPSA) is 42.7 Å². The van der Waals surface area contributed by atoms with Gasteiger partial charge in [0.05, 0.1) is 5.69 Å². The highest BCUT2D eigenvalue weighted by atomic mass is 15.3. The van der Waals surface area contributed by atoms with E-state index in [4.69, 9.17) is 0 Å². The molecule has 0 fully saturated rings. The molecule has 0 saturated carbocycles. The predicted octanol–water partition coefficient (Wildman–Crippen LogP) is 2.61. The van der Waals surface area contributed by atoms with E-state index in [0.29, 0.717) is 0 Å². The zero-order valence-corrected chi connectivity index (χ0v) is 11.5. The second-order valence-corrected chi connectivity index (χ2v) is 4.62. The van der Waals surface area contributed by atoms with Crippen LogP contribution in [0.15, 0.2) is 18.3 Å². The fourth-order valence-corrected chi connectivity index (χ4v) is 2.16. The first kappa shape index (κ1) is 12.6. The number of rotatable bonds is 4. The van der Waals surface area contributed by atoms with E-state index in [1.165, 1.54) is 5.56 Å². The summed E-state index contributed by atoms with van der Waals surface area (Å²) in [6.07, 6.45) is 3.04. The molecule has 0 aliphatic rings. The molecule has 0 saturated heterocycles. The maximum Gasteiger partial charge on any atom is 0.0671 e. The molecule has 2 rings (SSSR count). The van der Waals surface area contributed by atoms with Crippen LogP contribution in [0.1, 0.15) is 29.6 Å². The van der Waals surface area contributed by atoms with Crippen LogP contribution in [0.2, 0.25) is 0 Å². The first-order valence-corrected chi connectivity index (χ1v) is 6.29. The van der Waals surface area contributed by atoms with Crippen molar-refractivity contribution >= 4 is 5.69 Å². The molecule has 0 aliphatic heterocycles. The Bertz CT molecular complexity index is 522. The smallest absolute Gasteiger partial charge is 0.0671 e. The molecule has 4 heteroatoms. The average Bonchev–Trinajstić information content (AvgIpc) is 2.66. The Morgan fingerprint density at radius 1 is 1.22 bits per heavy atom. The molecule has 2 aromatic rings. The molecule has 0 amide bonds. The molecule has 96 valence electrons. The maximum absolute atomic E-state index is 4.44. The van der Waals surface area contributed by atoms with Crippen LogP contribution in [0.3, 0.4) is 0 Å². The van der Waals surface area contributed by atoms with Crippen LogP contribution < -0.4 is 5.32 Å². The third-order valence-corrected chi connectivity index (χ3v) is 2.89. The number of nitrogens with one attached hydrogen (secondary N) is 1. The van der Waals surface area contributed by atoms with Gasteiger partial charge in [0.1, 0.15) is 0 Å². The zero-order chi connectivity index (χ0) is 13.1. The van der Waals surface area contributed by atoms with Crippen LogP contribution in [0.25, 0.3) is 0 Å². The lowest BCUT2D eigenvalue weighted by atomic mass is 10.2. The Balaban J connectivity index is 2.11. The largest absolute Gasteiger partial charge is 0.381 e. The number of hydrogen-bond donors (Lipinski definition) is 1. The fourth-order valence-electron chi connectivity index (χ4n) is 2.16. The van der Waals surface area contributed by atoms with Crippen molar-refractivity contribution in [1.29, 1.82) is 0 Å². The molecule has 0 atom stereocenters. The van der Waals surface area contributed by atoms with Gasteiger partial charge in [0.2, 0.25) is 0 Å². The lowest BCUT2D eigenvalue weighted by Gasteiger charge is -2.07. The van der Waals surface area contributed by atoms with Crippen molar-refractivity contribution in [3.05, 3.63) is 41.0 Å². The first-order chi connectivity index (χ1) is 8.58. The normalized spacial score (nSPS) is 10.7. The number of aromatic nitrogens is 3. The second-order valence-electron chi connectivity index (χ2n) is 4.62. The molecule has 2 aromatic heterocycles. The van der Waals surface area contributed by atoms with Gasteiger partial charge in [0, 0.05) is 42.4 Å². The molecular weight excluding hydrogens is 224 g/mol. The lowest BCUT2D eigenvalue weighted by molar-refractivity contribution is 0.746. The summed E-state index contributed by atoms with van der Waals surface area (Å²) in [6, 6.07) is 4.13. The monoisotopic (exact) mass is 244 g/mol. The summed E-state index contributed by atoms with van der Waals surface area (Å²) in [7, 11) is 1.96. The minimum absolute atomic E-state index is 0.805. The molecule has 0 unspecified atom stereocenters. The molecule has 0 spiro atoms. The van der Waals surface area contributed by atoms with Crippen molar-refractivity contribution in [2.24, 2.45) is 7.05 Å². The summed E-state index contributed by atoms with van der Waals surface area (Å²) < 4.78 is 1.87. The summed E-state index contributed by atoms with van der Waals surface area (Å²) in [5.41, 5.74) is 5.62. The number of pyridine rings is 1. The Morgan fingerprint density at radius 2 is 1.89 bits per heavy atom. The van der Waals surface area contributed by atoms with E-state index in [0.717, 1.165) is 35.7 Å². The molecule has 18 heavy (non-hydrogen) atoms. The number of anilines is 1. The van der Waals surface area contributed by atoms with Crippen molar-refractivity contribution in [1.82, 2.24) is 14.8 Å². The highest BCUT2D eigenvalue weighted by molar-refractivity contribution is 5.45. The van der Waals surface area contributed by atoms with Gasteiger partial charge in [-0.1, -0.05) is 6.92 Å². The summed E-state index contributed by atoms with van der Waals surface area (Å²) in [4.78, 5) is 4.37. The standard InChI is InChI=1S/C14H20N4/c1-5-14-12(9-18(4)17-14)8-15-13-6-10(2)16-11(3)7-13/h6-7,9H,5,8H2,1-4H3,(H,15,16). The van der Waals surface area contributed by atoms with Crippen LogP contribution in [-0.4, -0.2) is 14.8 Å². The van der Waals surface area contributed by atoms with E-state index in [-0.39, 0.29) is 0 Å². The third kappa shape index (κ3) is 2.88. The SMILES string of the molecule is CCc1nn(C)cc1CNc1cc(C)nc(C)c1. The third-order valence-electron chi connectivity index (χ3n) is 2.89. The molecule has 0 radical (unpaired) electrons. The van der Waals surface area contributed by atoms with Gasteiger partial charge in [-0.3, -0.25) is 9.67 Å². The van der Waals surface area contributed by atoms with E-state index in [1.807, 2.05) is 25.6 Å². The zero-order valence-electron chi connectivity index (χ0n) is 11.5. The first-order valence-electron chi connectivity index (χ1n) is 6.29. The molecule has 0 bridgehead atoms. The molecule has 4 nitrogen and oxygen atoms in total. The van der Waals surface area contributed by atoms with E-state index in [2.05, 4.69) is 40.7 Å². The molecular formula is C14H20N4. The minimum atomic E-state index is 0.805. The van der Waals surface area contributed by atoms with Gasteiger partial charge < -0.3 is 5.32 Å². The van der Waals surface area contributed by atoms with Crippen molar-refractivity contribution in [3.8, 4) is 0 Å². The van der Waals surface area contributed by atoms with E-state index >= 15 is 0 Å². The van der Waals surface area contributed by atoms with Crippen molar-refractivity contribution in [2.75, 3.05) is 5.32 Å². The van der Waals surface area contributed by atoms with E-state index in [1.54, 1.807) is 0 Å². The van der Waals surface area contributed by atoms with Gasteiger partial charge >= 0.3 is 0 Å². The van der Waals surface area contributed by atoms with Crippen molar-refractivity contribution in [3.63, 3.8) is 0 Å². The Labute approximate surface area is 108 Å². The van der Waals surface area contributed by atoms with Crippen LogP contribution >= 0.6 is 0 Å². The second kappa shape index (κ2) is 5.21. The van der Waals surface area contributed by atoms with Crippen LogP contribution in [-0.2, 0) is 20.0 Å². The van der Waals surface area contributed by atoms with Crippen molar-refractivity contribution < 1.29 is 0 Å². The van der Waals surface area contributed by atoms with Gasteiger partial charge in [-0.05, 0) is 32.4 Å². The van der Waals surface area contributed by atoms with Gasteiger partial charge in [-0.2, -0.15) is 5.10 Å². The van der Waals surface area contributed by atoms with Gasteiger partial charge in [0.25, 0.3) is 0 Å². The van der Waals surface area contributed by atoms with Crippen molar-refractivity contribution in [2.45, 2.75) is 33.7 Å². The number of nitrogens with zero attached hydrogens (tertiary/aromatic N) is 3. The lowest BCUT2D eigenvalue weighted by Crippen LogP contribution is -2.02. The Hall–Kier alpha value is -1.84. The molecule has 1 N–H and O–H groups in total. The summed E-state index contributed by atoms with van der Waals surface area (Å²) in [5.74, 6) is 0. The molecule has 0 aliphatic carbocycles. The Kier molecular flexibility index (Phi) is 3.65. The van der Waals surface area contributed by atoms with Crippen LogP contribution in [0, 0.1) is 13.8 Å². The van der Waals surface area contributed by atoms with Gasteiger partial charge in [-0.25, -0.2) is 0 Å². The quantitative estimate of drug-likeness (QED) is 0.899. The number of aryl methyl sites for hydroxylation is 4. The van der Waals surface area contributed by atoms with E-state index in [9.17, 15) is 0 Å². The van der Waals surface area contributed by atoms with Gasteiger partial charge in [-0.15, -0.1) is 0 Å². The average molecular weight is 244 g/mol. The molecule has 2 heterocycles. The summed E-state index contributed by atoms with van der Waals surface area (Å²) >= 11 is 0. The Morgan fingerprint density at radius 3 is 2.50 bits per heavy atom. The number of hydrogen-bond acceptors (Lipinski definition) is 3. The predicted molar refractivity (Wildman–Crippen MR) is 73.6 cm³/mol. The summed E-state index contributed by atoms with van der Waals surface area (Å²) in [6.45, 7) is 6.96.